The van der Waals surface area contributed by atoms with Crippen LogP contribution in [0.3, 0.4) is 0 Å². The third-order valence-electron chi connectivity index (χ3n) is 5.19. The molecule has 1 amide bonds. The lowest BCUT2D eigenvalue weighted by atomic mass is 9.87. The molecule has 4 rings (SSSR count). The van der Waals surface area contributed by atoms with Crippen molar-refractivity contribution in [1.29, 1.82) is 0 Å². The molecule has 144 valence electrons. The number of ether oxygens (including phenoxy) is 2. The van der Waals surface area contributed by atoms with E-state index in [0.29, 0.717) is 37.8 Å². The number of nitrogens with zero attached hydrogens (tertiary/aromatic N) is 3. The summed E-state index contributed by atoms with van der Waals surface area (Å²) in [5.41, 5.74) is -0.613. The number of hydrogen-bond acceptors (Lipinski definition) is 6. The quantitative estimate of drug-likeness (QED) is 0.848. The Morgan fingerprint density at radius 3 is 2.67 bits per heavy atom. The number of carbonyl (C=O) groups is 2. The van der Waals surface area contributed by atoms with E-state index in [0.717, 1.165) is 0 Å². The van der Waals surface area contributed by atoms with Gasteiger partial charge in [0, 0.05) is 32.1 Å². The number of amides is 1. The molecule has 2 aliphatic rings. The van der Waals surface area contributed by atoms with Gasteiger partial charge >= 0.3 is 5.97 Å². The summed E-state index contributed by atoms with van der Waals surface area (Å²) >= 11 is 0. The maximum atomic E-state index is 12.6. The van der Waals surface area contributed by atoms with Crippen molar-refractivity contribution in [2.75, 3.05) is 32.9 Å². The van der Waals surface area contributed by atoms with Gasteiger partial charge in [0.05, 0.1) is 26.1 Å². The van der Waals surface area contributed by atoms with Crippen molar-refractivity contribution in [3.05, 3.63) is 30.7 Å². The largest absolute Gasteiger partial charge is 0.479 e. The van der Waals surface area contributed by atoms with Gasteiger partial charge in [0.15, 0.2) is 17.4 Å². The molecule has 2 fully saturated rings. The normalized spacial score (nSPS) is 22.5. The monoisotopic (exact) mass is 375 g/mol. The van der Waals surface area contributed by atoms with Crippen molar-refractivity contribution in [3.8, 4) is 11.5 Å². The van der Waals surface area contributed by atoms with Crippen molar-refractivity contribution in [2.24, 2.45) is 0 Å². The number of aromatic nitrogens is 2. The third-order valence-corrected chi connectivity index (χ3v) is 5.19. The molecule has 0 bridgehead atoms. The number of carboxylic acid groups (broad SMARTS) is 1. The van der Waals surface area contributed by atoms with Gasteiger partial charge in [-0.3, -0.25) is 9.48 Å². The molecule has 2 aromatic heterocycles. The number of carbonyl (C=O) groups excluding carboxylic acids is 1. The fourth-order valence-electron chi connectivity index (χ4n) is 3.59. The second kappa shape index (κ2) is 7.16. The van der Waals surface area contributed by atoms with E-state index >= 15 is 0 Å². The van der Waals surface area contributed by atoms with Crippen LogP contribution in [0.15, 0.2) is 35.1 Å². The van der Waals surface area contributed by atoms with Crippen LogP contribution >= 0.6 is 0 Å². The van der Waals surface area contributed by atoms with Gasteiger partial charge in [0.25, 0.3) is 5.91 Å². The van der Waals surface area contributed by atoms with Crippen LogP contribution in [-0.4, -0.2) is 70.7 Å². The third kappa shape index (κ3) is 3.24. The number of aliphatic carboxylic acids is 1. The molecule has 1 atom stereocenters. The Hall–Kier alpha value is -2.65. The van der Waals surface area contributed by atoms with Gasteiger partial charge in [-0.15, -0.1) is 0 Å². The van der Waals surface area contributed by atoms with E-state index in [9.17, 15) is 14.7 Å². The first-order chi connectivity index (χ1) is 13.1. The molecule has 9 heteroatoms. The molecule has 0 spiro atoms. The first kappa shape index (κ1) is 17.7. The maximum absolute atomic E-state index is 12.6. The molecule has 9 nitrogen and oxygen atoms in total. The highest BCUT2D eigenvalue weighted by molar-refractivity contribution is 5.82. The SMILES string of the molecule is O=C([C@H]1COCCO1)N1CCC(C(=O)O)(n2ccc(-c3ccco3)n2)CC1. The average molecular weight is 375 g/mol. The second-order valence-electron chi connectivity index (χ2n) is 6.72. The number of rotatable bonds is 4. The highest BCUT2D eigenvalue weighted by atomic mass is 16.6. The number of hydrogen-bond donors (Lipinski definition) is 1. The summed E-state index contributed by atoms with van der Waals surface area (Å²) in [6.07, 6.45) is 3.12. The fraction of sp³-hybridized carbons (Fsp3) is 0.500. The highest BCUT2D eigenvalue weighted by Crippen LogP contribution is 2.32. The summed E-state index contributed by atoms with van der Waals surface area (Å²) in [4.78, 5) is 26.3. The van der Waals surface area contributed by atoms with Crippen LogP contribution in [0, 0.1) is 0 Å². The molecule has 4 heterocycles. The molecule has 1 N–H and O–H groups in total. The minimum absolute atomic E-state index is 0.148. The smallest absolute Gasteiger partial charge is 0.331 e. The maximum Gasteiger partial charge on any atom is 0.331 e. The summed E-state index contributed by atoms with van der Waals surface area (Å²) < 4.78 is 17.6. The van der Waals surface area contributed by atoms with Crippen molar-refractivity contribution < 1.29 is 28.6 Å². The standard InChI is InChI=1S/C18H21N3O6/c22-16(15-12-25-10-11-27-15)20-7-4-18(5-8-20,17(23)24)21-6-3-13(19-21)14-2-1-9-26-14/h1-3,6,9,15H,4-5,7-8,10-12H2,(H,23,24)/t15-/m1/s1. The Balaban J connectivity index is 1.49. The van der Waals surface area contributed by atoms with Crippen LogP contribution < -0.4 is 0 Å². The molecule has 27 heavy (non-hydrogen) atoms. The predicted octanol–water partition coefficient (Wildman–Crippen LogP) is 0.961. The second-order valence-corrected chi connectivity index (χ2v) is 6.72. The van der Waals surface area contributed by atoms with E-state index in [-0.39, 0.29) is 25.4 Å². The predicted molar refractivity (Wildman–Crippen MR) is 91.9 cm³/mol. The zero-order valence-corrected chi connectivity index (χ0v) is 14.7. The Kier molecular flexibility index (Phi) is 4.71. The average Bonchev–Trinajstić information content (AvgIpc) is 3.40. The lowest BCUT2D eigenvalue weighted by Gasteiger charge is -2.40. The number of likely N-dealkylation sites (tertiary alicyclic amines) is 1. The number of piperidine rings is 1. The Morgan fingerprint density at radius 2 is 2.04 bits per heavy atom. The van der Waals surface area contributed by atoms with Gasteiger partial charge in [0.1, 0.15) is 5.69 Å². The van der Waals surface area contributed by atoms with E-state index in [1.807, 2.05) is 0 Å². The molecule has 2 aromatic rings. The van der Waals surface area contributed by atoms with Crippen LogP contribution in [-0.2, 0) is 24.6 Å². The lowest BCUT2D eigenvalue weighted by Crippen LogP contribution is -2.55. The molecule has 0 aliphatic carbocycles. The minimum atomic E-state index is -1.19. The molecule has 0 aromatic carbocycles. The first-order valence-electron chi connectivity index (χ1n) is 8.92. The number of carboxylic acids is 1. The van der Waals surface area contributed by atoms with Crippen molar-refractivity contribution in [2.45, 2.75) is 24.5 Å². The van der Waals surface area contributed by atoms with Gasteiger partial charge in [-0.2, -0.15) is 5.10 Å². The van der Waals surface area contributed by atoms with Crippen molar-refractivity contribution >= 4 is 11.9 Å². The molecule has 0 unspecified atom stereocenters. The van der Waals surface area contributed by atoms with E-state index < -0.39 is 17.6 Å². The molecular weight excluding hydrogens is 354 g/mol. The van der Waals surface area contributed by atoms with Crippen LogP contribution in [0.4, 0.5) is 0 Å². The van der Waals surface area contributed by atoms with Crippen molar-refractivity contribution in [1.82, 2.24) is 14.7 Å². The Bertz CT molecular complexity index is 801. The van der Waals surface area contributed by atoms with Crippen LogP contribution in [0.1, 0.15) is 12.8 Å². The summed E-state index contributed by atoms with van der Waals surface area (Å²) in [5.74, 6) is -0.525. The van der Waals surface area contributed by atoms with E-state index in [4.69, 9.17) is 13.9 Å². The Morgan fingerprint density at radius 1 is 1.22 bits per heavy atom. The van der Waals surface area contributed by atoms with E-state index in [1.54, 1.807) is 35.6 Å². The Labute approximate surface area is 155 Å². The zero-order valence-electron chi connectivity index (χ0n) is 14.7. The molecular formula is C18H21N3O6. The van der Waals surface area contributed by atoms with Crippen molar-refractivity contribution in [3.63, 3.8) is 0 Å². The summed E-state index contributed by atoms with van der Waals surface area (Å²) in [7, 11) is 0. The van der Waals surface area contributed by atoms with Crippen LogP contribution in [0.25, 0.3) is 11.5 Å². The molecule has 0 saturated carbocycles. The van der Waals surface area contributed by atoms with Gasteiger partial charge in [-0.05, 0) is 18.2 Å². The zero-order chi connectivity index (χ0) is 18.9. The van der Waals surface area contributed by atoms with E-state index in [1.165, 1.54) is 4.68 Å². The highest BCUT2D eigenvalue weighted by Gasteiger charge is 2.46. The fourth-order valence-corrected chi connectivity index (χ4v) is 3.59. The summed E-state index contributed by atoms with van der Waals surface area (Å²) in [6.45, 7) is 1.77. The molecule has 0 radical (unpaired) electrons. The van der Waals surface area contributed by atoms with Gasteiger partial charge in [-0.25, -0.2) is 4.79 Å². The molecule has 2 saturated heterocycles. The van der Waals surface area contributed by atoms with Crippen LogP contribution in [0.5, 0.6) is 0 Å². The minimum Gasteiger partial charge on any atom is -0.479 e. The lowest BCUT2D eigenvalue weighted by molar-refractivity contribution is -0.163. The summed E-state index contributed by atoms with van der Waals surface area (Å²) in [6, 6.07) is 5.25. The molecule has 2 aliphatic heterocycles. The van der Waals surface area contributed by atoms with Crippen LogP contribution in [0.2, 0.25) is 0 Å². The van der Waals surface area contributed by atoms with Gasteiger partial charge < -0.3 is 23.9 Å². The summed E-state index contributed by atoms with van der Waals surface area (Å²) in [5, 5.41) is 14.3. The number of furan rings is 1. The topological polar surface area (TPSA) is 107 Å². The van der Waals surface area contributed by atoms with E-state index in [2.05, 4.69) is 5.10 Å². The first-order valence-corrected chi connectivity index (χ1v) is 8.92. The van der Waals surface area contributed by atoms with Gasteiger partial charge in [0.2, 0.25) is 0 Å². The van der Waals surface area contributed by atoms with Gasteiger partial charge in [-0.1, -0.05) is 0 Å².